The van der Waals surface area contributed by atoms with Crippen molar-refractivity contribution < 1.29 is 27.8 Å². The fourth-order valence-electron chi connectivity index (χ4n) is 2.54. The molecule has 0 saturated carbocycles. The summed E-state index contributed by atoms with van der Waals surface area (Å²) in [5.74, 6) is -4.49. The molecule has 3 aromatic rings. The third-order valence-corrected chi connectivity index (χ3v) is 4.12. The molecule has 28 heavy (non-hydrogen) atoms. The van der Waals surface area contributed by atoms with E-state index in [4.69, 9.17) is 16.3 Å². The van der Waals surface area contributed by atoms with Crippen LogP contribution in [0.5, 0.6) is 5.75 Å². The second-order valence-electron chi connectivity index (χ2n) is 5.88. The van der Waals surface area contributed by atoms with E-state index in [9.17, 15) is 23.1 Å². The number of carbonyl (C=O) groups is 1. The van der Waals surface area contributed by atoms with Crippen molar-refractivity contribution in [1.82, 2.24) is 4.98 Å². The summed E-state index contributed by atoms with van der Waals surface area (Å²) in [7, 11) is 0. The molecule has 1 heterocycles. The molecule has 0 aliphatic rings. The van der Waals surface area contributed by atoms with Crippen LogP contribution < -0.4 is 9.84 Å². The first-order chi connectivity index (χ1) is 13.3. The molecule has 0 N–H and O–H groups in total. The van der Waals surface area contributed by atoms with Crippen molar-refractivity contribution >= 4 is 17.6 Å². The number of carboxylic acids is 1. The fourth-order valence-corrected chi connectivity index (χ4v) is 2.74. The Morgan fingerprint density at radius 3 is 2.50 bits per heavy atom. The van der Waals surface area contributed by atoms with Gasteiger partial charge in [-0.25, -0.2) is 13.2 Å². The first kappa shape index (κ1) is 19.7. The number of carboxylic acid groups (broad SMARTS) is 1. The number of rotatable bonds is 6. The van der Waals surface area contributed by atoms with Gasteiger partial charge in [0.25, 0.3) is 0 Å². The second-order valence-corrected chi connectivity index (χ2v) is 6.31. The smallest absolute Gasteiger partial charge is 0.161 e. The summed E-state index contributed by atoms with van der Waals surface area (Å²) in [5.41, 5.74) is 0.606. The monoisotopic (exact) mass is 406 g/mol. The Morgan fingerprint density at radius 1 is 1.00 bits per heavy atom. The van der Waals surface area contributed by atoms with E-state index < -0.39 is 23.4 Å². The Kier molecular flexibility index (Phi) is 5.84. The average Bonchev–Trinajstić information content (AvgIpc) is 2.65. The number of hydrogen-bond acceptors (Lipinski definition) is 4. The van der Waals surface area contributed by atoms with Crippen LogP contribution in [0.4, 0.5) is 13.2 Å². The molecule has 0 aliphatic carbocycles. The van der Waals surface area contributed by atoms with Gasteiger partial charge < -0.3 is 14.6 Å². The highest BCUT2D eigenvalue weighted by atomic mass is 35.5. The fraction of sp³-hybridized carbons (Fsp3) is 0.100. The van der Waals surface area contributed by atoms with Gasteiger partial charge in [0.05, 0.1) is 11.7 Å². The maximum Gasteiger partial charge on any atom is 0.161 e. The van der Waals surface area contributed by atoms with Crippen LogP contribution >= 0.6 is 11.6 Å². The summed E-state index contributed by atoms with van der Waals surface area (Å²) < 4.78 is 45.7. The molecule has 0 saturated heterocycles. The summed E-state index contributed by atoms with van der Waals surface area (Å²) in [6.07, 6.45) is 0.178. The molecule has 2 aromatic carbocycles. The highest BCUT2D eigenvalue weighted by molar-refractivity contribution is 6.30. The highest BCUT2D eigenvalue weighted by Crippen LogP contribution is 2.26. The van der Waals surface area contributed by atoms with E-state index >= 15 is 0 Å². The Balaban J connectivity index is 1.84. The first-order valence-corrected chi connectivity index (χ1v) is 8.43. The molecule has 0 amide bonds. The van der Waals surface area contributed by atoms with Gasteiger partial charge in [-0.3, -0.25) is 4.98 Å². The Bertz CT molecular complexity index is 1040. The molecular formula is C20H12ClF3NO3-. The van der Waals surface area contributed by atoms with Gasteiger partial charge in [-0.2, -0.15) is 0 Å². The highest BCUT2D eigenvalue weighted by Gasteiger charge is 2.13. The van der Waals surface area contributed by atoms with Crippen molar-refractivity contribution in [2.45, 2.75) is 13.0 Å². The number of hydrogen-bond donors (Lipinski definition) is 0. The van der Waals surface area contributed by atoms with Crippen LogP contribution in [0.1, 0.15) is 27.3 Å². The third kappa shape index (κ3) is 4.61. The lowest BCUT2D eigenvalue weighted by molar-refractivity contribution is -0.255. The molecule has 3 rings (SSSR count). The predicted octanol–water partition coefficient (Wildman–Crippen LogP) is 3.69. The van der Waals surface area contributed by atoms with Crippen molar-refractivity contribution in [3.05, 3.63) is 93.5 Å². The topological polar surface area (TPSA) is 62.2 Å². The molecule has 144 valence electrons. The summed E-state index contributed by atoms with van der Waals surface area (Å²) >= 11 is 6.01. The van der Waals surface area contributed by atoms with E-state index in [0.29, 0.717) is 28.1 Å². The summed E-state index contributed by atoms with van der Waals surface area (Å²) in [4.78, 5) is 14.9. The van der Waals surface area contributed by atoms with Gasteiger partial charge in [-0.05, 0) is 36.4 Å². The lowest BCUT2D eigenvalue weighted by Crippen LogP contribution is -2.23. The molecule has 0 atom stereocenters. The molecule has 0 aliphatic heterocycles. The van der Waals surface area contributed by atoms with E-state index in [0.717, 1.165) is 6.07 Å². The van der Waals surface area contributed by atoms with Gasteiger partial charge in [0.2, 0.25) is 0 Å². The van der Waals surface area contributed by atoms with E-state index in [1.54, 1.807) is 18.2 Å². The largest absolute Gasteiger partial charge is 0.543 e. The minimum atomic E-state index is -1.40. The number of carbonyl (C=O) groups excluding carboxylic acids is 1. The van der Waals surface area contributed by atoms with Gasteiger partial charge in [0.15, 0.2) is 11.6 Å². The number of pyridine rings is 1. The Morgan fingerprint density at radius 2 is 1.75 bits per heavy atom. The van der Waals surface area contributed by atoms with Crippen molar-refractivity contribution in [3.63, 3.8) is 0 Å². The Labute approximate surface area is 163 Å². The maximum atomic E-state index is 13.8. The number of ether oxygens (including phenoxy) is 1. The van der Waals surface area contributed by atoms with Crippen LogP contribution in [0, 0.1) is 17.5 Å². The Hall–Kier alpha value is -3.06. The molecule has 0 radical (unpaired) electrons. The minimum Gasteiger partial charge on any atom is -0.543 e. The van der Waals surface area contributed by atoms with E-state index in [-0.39, 0.29) is 24.3 Å². The minimum absolute atomic E-state index is 0.156. The quantitative estimate of drug-likeness (QED) is 0.586. The van der Waals surface area contributed by atoms with Crippen LogP contribution in [-0.4, -0.2) is 11.0 Å². The van der Waals surface area contributed by atoms with Gasteiger partial charge in [0, 0.05) is 34.3 Å². The lowest BCUT2D eigenvalue weighted by atomic mass is 10.1. The number of nitrogens with zero attached hydrogens (tertiary/aromatic N) is 1. The zero-order chi connectivity index (χ0) is 20.3. The second kappa shape index (κ2) is 8.31. The molecule has 0 spiro atoms. The van der Waals surface area contributed by atoms with Crippen LogP contribution in [0.15, 0.2) is 48.5 Å². The van der Waals surface area contributed by atoms with Crippen molar-refractivity contribution in [2.75, 3.05) is 0 Å². The summed E-state index contributed by atoms with van der Waals surface area (Å²) in [6, 6.07) is 10.3. The third-order valence-electron chi connectivity index (χ3n) is 3.88. The number of aromatic carboxylic acids is 1. The first-order valence-electron chi connectivity index (χ1n) is 8.05. The number of aromatic nitrogens is 1. The van der Waals surface area contributed by atoms with Gasteiger partial charge >= 0.3 is 0 Å². The van der Waals surface area contributed by atoms with E-state index in [2.05, 4.69) is 4.98 Å². The van der Waals surface area contributed by atoms with Crippen LogP contribution in [0.3, 0.4) is 0 Å². The maximum absolute atomic E-state index is 13.8. The number of halogens is 4. The van der Waals surface area contributed by atoms with Gasteiger partial charge in [-0.1, -0.05) is 17.7 Å². The van der Waals surface area contributed by atoms with E-state index in [1.165, 1.54) is 18.2 Å². The molecule has 8 heteroatoms. The summed E-state index contributed by atoms with van der Waals surface area (Å²) in [6.45, 7) is -0.343. The molecule has 0 unspecified atom stereocenters. The standard InChI is InChI=1S/C20H13ClF3NO3/c21-13-4-5-19(28-10-12-8-16(23)17(24)9-15(12)22)11(6-13)7-14-2-1-3-18(25-14)20(26)27/h1-6,8-9H,7,10H2,(H,26,27)/p-1. The van der Waals surface area contributed by atoms with Crippen molar-refractivity contribution in [3.8, 4) is 5.75 Å². The van der Waals surface area contributed by atoms with Crippen LogP contribution in [0.2, 0.25) is 5.02 Å². The summed E-state index contributed by atoms with van der Waals surface area (Å²) in [5, 5.41) is 11.4. The lowest BCUT2D eigenvalue weighted by Gasteiger charge is -2.13. The van der Waals surface area contributed by atoms with E-state index in [1.807, 2.05) is 0 Å². The normalized spacial score (nSPS) is 10.7. The van der Waals surface area contributed by atoms with Crippen molar-refractivity contribution in [1.29, 1.82) is 0 Å². The van der Waals surface area contributed by atoms with Crippen LogP contribution in [-0.2, 0) is 13.0 Å². The zero-order valence-electron chi connectivity index (χ0n) is 14.2. The number of benzene rings is 2. The van der Waals surface area contributed by atoms with Crippen molar-refractivity contribution in [2.24, 2.45) is 0 Å². The molecule has 4 nitrogen and oxygen atoms in total. The van der Waals surface area contributed by atoms with Gasteiger partial charge in [-0.15, -0.1) is 0 Å². The SMILES string of the molecule is O=C([O-])c1cccc(Cc2cc(Cl)ccc2OCc2cc(F)c(F)cc2F)n1. The average molecular weight is 407 g/mol. The van der Waals surface area contributed by atoms with Gasteiger partial charge in [0.1, 0.15) is 18.2 Å². The zero-order valence-corrected chi connectivity index (χ0v) is 15.0. The molecular weight excluding hydrogens is 395 g/mol. The molecule has 0 bridgehead atoms. The molecule has 1 aromatic heterocycles. The predicted molar refractivity (Wildman–Crippen MR) is 93.5 cm³/mol. The molecule has 0 fully saturated rings. The van der Waals surface area contributed by atoms with Crippen LogP contribution in [0.25, 0.3) is 0 Å².